The summed E-state index contributed by atoms with van der Waals surface area (Å²) in [6, 6.07) is 10.7. The Hall–Kier alpha value is -1.13. The van der Waals surface area contributed by atoms with Crippen LogP contribution in [0.1, 0.15) is 37.6 Å². The summed E-state index contributed by atoms with van der Waals surface area (Å²) in [6.45, 7) is 6.17. The van der Waals surface area contributed by atoms with Crippen molar-refractivity contribution in [1.82, 2.24) is 15.1 Å². The number of aromatic nitrogens is 2. The van der Waals surface area contributed by atoms with Crippen LogP contribution in [0.5, 0.6) is 0 Å². The molecule has 0 spiro atoms. The number of rotatable bonds is 6. The first-order valence-electron chi connectivity index (χ1n) is 6.71. The van der Waals surface area contributed by atoms with Gasteiger partial charge in [0.15, 0.2) is 0 Å². The molecule has 1 heterocycles. The fraction of sp³-hybridized carbons (Fsp3) is 0.400. The summed E-state index contributed by atoms with van der Waals surface area (Å²) in [7, 11) is 0. The highest BCUT2D eigenvalue weighted by Crippen LogP contribution is 2.22. The zero-order valence-corrected chi connectivity index (χ0v) is 13.0. The highest BCUT2D eigenvalue weighted by Gasteiger charge is 2.09. The molecule has 0 radical (unpaired) electrons. The Morgan fingerprint density at radius 2 is 2.11 bits per heavy atom. The van der Waals surface area contributed by atoms with Crippen LogP contribution < -0.4 is 5.32 Å². The molecule has 1 aromatic heterocycles. The Kier molecular flexibility index (Phi) is 5.16. The number of benzene rings is 1. The summed E-state index contributed by atoms with van der Waals surface area (Å²) in [5, 5.41) is 7.89. The van der Waals surface area contributed by atoms with E-state index in [1.807, 2.05) is 12.3 Å². The molecule has 0 bridgehead atoms. The zero-order valence-electron chi connectivity index (χ0n) is 11.4. The van der Waals surface area contributed by atoms with Gasteiger partial charge >= 0.3 is 0 Å². The molecule has 0 aliphatic heterocycles. The third-order valence-corrected chi connectivity index (χ3v) is 3.92. The van der Waals surface area contributed by atoms with Gasteiger partial charge in [-0.25, -0.2) is 0 Å². The third kappa shape index (κ3) is 3.67. The van der Waals surface area contributed by atoms with Gasteiger partial charge in [-0.3, -0.25) is 4.68 Å². The molecule has 0 aliphatic rings. The molecule has 19 heavy (non-hydrogen) atoms. The van der Waals surface area contributed by atoms with Crippen LogP contribution in [0.3, 0.4) is 0 Å². The zero-order chi connectivity index (χ0) is 13.7. The minimum Gasteiger partial charge on any atom is -0.305 e. The van der Waals surface area contributed by atoms with Crippen LogP contribution in [0.25, 0.3) is 0 Å². The highest BCUT2D eigenvalue weighted by atomic mass is 79.9. The van der Waals surface area contributed by atoms with Gasteiger partial charge in [0.05, 0.1) is 5.69 Å². The molecule has 0 saturated heterocycles. The molecular weight excluding hydrogens is 302 g/mol. The lowest BCUT2D eigenvalue weighted by molar-refractivity contribution is 0.516. The van der Waals surface area contributed by atoms with Crippen LogP contribution in [0.2, 0.25) is 0 Å². The second kappa shape index (κ2) is 6.87. The van der Waals surface area contributed by atoms with E-state index < -0.39 is 0 Å². The van der Waals surface area contributed by atoms with Gasteiger partial charge in [-0.15, -0.1) is 0 Å². The average Bonchev–Trinajstić information content (AvgIpc) is 2.84. The Morgan fingerprint density at radius 1 is 1.32 bits per heavy atom. The molecular formula is C15H20BrN3. The van der Waals surface area contributed by atoms with Gasteiger partial charge in [0.2, 0.25) is 0 Å². The predicted octanol–water partition coefficient (Wildman–Crippen LogP) is 3.91. The number of nitrogens with zero attached hydrogens (tertiary/aromatic N) is 2. The quantitative estimate of drug-likeness (QED) is 0.874. The lowest BCUT2D eigenvalue weighted by atomic mass is 10.1. The molecule has 4 heteroatoms. The van der Waals surface area contributed by atoms with Crippen LogP contribution in [-0.4, -0.2) is 9.78 Å². The van der Waals surface area contributed by atoms with Crippen LogP contribution >= 0.6 is 15.9 Å². The molecule has 1 atom stereocenters. The van der Waals surface area contributed by atoms with E-state index in [-0.39, 0.29) is 0 Å². The van der Waals surface area contributed by atoms with E-state index in [0.717, 1.165) is 24.0 Å². The van der Waals surface area contributed by atoms with E-state index in [4.69, 9.17) is 0 Å². The lowest BCUT2D eigenvalue weighted by Crippen LogP contribution is -2.20. The monoisotopic (exact) mass is 321 g/mol. The average molecular weight is 322 g/mol. The summed E-state index contributed by atoms with van der Waals surface area (Å²) in [4.78, 5) is 0. The molecule has 1 aromatic carbocycles. The molecule has 2 rings (SSSR count). The van der Waals surface area contributed by atoms with Gasteiger partial charge in [0.1, 0.15) is 0 Å². The smallest absolute Gasteiger partial charge is 0.0522 e. The Bertz CT molecular complexity index is 522. The molecule has 0 aliphatic carbocycles. The normalized spacial score (nSPS) is 12.6. The number of hydrogen-bond acceptors (Lipinski definition) is 2. The first-order chi connectivity index (χ1) is 9.22. The van der Waals surface area contributed by atoms with Gasteiger partial charge in [0, 0.05) is 29.8 Å². The maximum atomic E-state index is 4.34. The van der Waals surface area contributed by atoms with E-state index in [0.29, 0.717) is 6.04 Å². The number of nitrogens with one attached hydrogen (secondary N) is 1. The summed E-state index contributed by atoms with van der Waals surface area (Å²) in [6.07, 6.45) is 2.98. The van der Waals surface area contributed by atoms with Crippen molar-refractivity contribution in [3.05, 3.63) is 52.3 Å². The second-order valence-electron chi connectivity index (χ2n) is 4.67. The highest BCUT2D eigenvalue weighted by molar-refractivity contribution is 9.10. The van der Waals surface area contributed by atoms with Crippen LogP contribution in [0, 0.1) is 0 Å². The van der Waals surface area contributed by atoms with Crippen molar-refractivity contribution < 1.29 is 0 Å². The summed E-state index contributed by atoms with van der Waals surface area (Å²) < 4.78 is 3.22. The van der Waals surface area contributed by atoms with Gasteiger partial charge in [-0.1, -0.05) is 41.1 Å². The fourth-order valence-electron chi connectivity index (χ4n) is 2.12. The van der Waals surface area contributed by atoms with Crippen molar-refractivity contribution in [1.29, 1.82) is 0 Å². The van der Waals surface area contributed by atoms with Crippen molar-refractivity contribution in [2.75, 3.05) is 0 Å². The molecule has 3 nitrogen and oxygen atoms in total. The van der Waals surface area contributed by atoms with Crippen molar-refractivity contribution in [2.24, 2.45) is 0 Å². The molecule has 0 fully saturated rings. The maximum absolute atomic E-state index is 4.34. The van der Waals surface area contributed by atoms with Crippen LogP contribution in [-0.2, 0) is 13.1 Å². The van der Waals surface area contributed by atoms with Crippen molar-refractivity contribution in [2.45, 2.75) is 39.4 Å². The summed E-state index contributed by atoms with van der Waals surface area (Å²) >= 11 is 3.60. The summed E-state index contributed by atoms with van der Waals surface area (Å²) in [5.74, 6) is 0. The Balaban J connectivity index is 1.98. The topological polar surface area (TPSA) is 29.9 Å². The third-order valence-electron chi connectivity index (χ3n) is 3.20. The standard InChI is InChI=1S/C15H20BrN3/c1-3-10-19-13(8-9-18-19)11-17-12(2)14-6-4-5-7-15(14)16/h4-9,12,17H,3,10-11H2,1-2H3/t12-/m1/s1. The molecule has 0 saturated carbocycles. The molecule has 0 unspecified atom stereocenters. The maximum Gasteiger partial charge on any atom is 0.0522 e. The molecule has 0 amide bonds. The summed E-state index contributed by atoms with van der Waals surface area (Å²) in [5.41, 5.74) is 2.52. The first-order valence-corrected chi connectivity index (χ1v) is 7.50. The Labute approximate surface area is 123 Å². The minimum atomic E-state index is 0.306. The lowest BCUT2D eigenvalue weighted by Gasteiger charge is -2.16. The number of halogens is 1. The van der Waals surface area contributed by atoms with Crippen LogP contribution in [0.15, 0.2) is 41.0 Å². The van der Waals surface area contributed by atoms with E-state index in [1.165, 1.54) is 11.3 Å². The minimum absolute atomic E-state index is 0.306. The SMILES string of the molecule is CCCn1nccc1CN[C@H](C)c1ccccc1Br. The van der Waals surface area contributed by atoms with Crippen LogP contribution in [0.4, 0.5) is 0 Å². The predicted molar refractivity (Wildman–Crippen MR) is 81.9 cm³/mol. The van der Waals surface area contributed by atoms with E-state index in [2.05, 4.69) is 69.1 Å². The Morgan fingerprint density at radius 3 is 2.84 bits per heavy atom. The molecule has 102 valence electrons. The second-order valence-corrected chi connectivity index (χ2v) is 5.52. The fourth-order valence-corrected chi connectivity index (χ4v) is 2.75. The molecule has 1 N–H and O–H groups in total. The van der Waals surface area contributed by atoms with Gasteiger partial charge < -0.3 is 5.32 Å². The van der Waals surface area contributed by atoms with E-state index in [1.54, 1.807) is 0 Å². The van der Waals surface area contributed by atoms with E-state index in [9.17, 15) is 0 Å². The van der Waals surface area contributed by atoms with Gasteiger partial charge in [0.25, 0.3) is 0 Å². The van der Waals surface area contributed by atoms with Crippen molar-refractivity contribution in [3.63, 3.8) is 0 Å². The number of hydrogen-bond donors (Lipinski definition) is 1. The van der Waals surface area contributed by atoms with Crippen molar-refractivity contribution >= 4 is 15.9 Å². The molecule has 2 aromatic rings. The number of aryl methyl sites for hydroxylation is 1. The van der Waals surface area contributed by atoms with E-state index >= 15 is 0 Å². The van der Waals surface area contributed by atoms with Gasteiger partial charge in [-0.2, -0.15) is 5.10 Å². The largest absolute Gasteiger partial charge is 0.305 e. The van der Waals surface area contributed by atoms with Gasteiger partial charge in [-0.05, 0) is 31.0 Å². The first kappa shape index (κ1) is 14.3. The van der Waals surface area contributed by atoms with Crippen molar-refractivity contribution in [3.8, 4) is 0 Å².